The van der Waals surface area contributed by atoms with Crippen LogP contribution in [0.25, 0.3) is 0 Å². The van der Waals surface area contributed by atoms with Crippen molar-refractivity contribution in [3.63, 3.8) is 0 Å². The summed E-state index contributed by atoms with van der Waals surface area (Å²) in [6.07, 6.45) is 1.59. The van der Waals surface area contributed by atoms with Crippen molar-refractivity contribution in [3.05, 3.63) is 64.7 Å². The molecular formula is C20H18N2O5S. The van der Waals surface area contributed by atoms with Gasteiger partial charge in [0.05, 0.1) is 12.2 Å². The van der Waals surface area contributed by atoms with Crippen LogP contribution in [0.15, 0.2) is 58.5 Å². The van der Waals surface area contributed by atoms with Gasteiger partial charge in [-0.15, -0.1) is 11.3 Å². The Hall–Kier alpha value is -3.26. The van der Waals surface area contributed by atoms with E-state index >= 15 is 0 Å². The van der Waals surface area contributed by atoms with Gasteiger partial charge in [0, 0.05) is 23.2 Å². The van der Waals surface area contributed by atoms with Gasteiger partial charge in [0.25, 0.3) is 0 Å². The Labute approximate surface area is 165 Å². The Bertz CT molecular complexity index is 919. The lowest BCUT2D eigenvalue weighted by atomic mass is 10.0. The zero-order valence-corrected chi connectivity index (χ0v) is 15.7. The number of furan rings is 1. The average Bonchev–Trinajstić information content (AvgIpc) is 3.42. The Kier molecular flexibility index (Phi) is 5.29. The molecule has 4 rings (SSSR count). The van der Waals surface area contributed by atoms with E-state index in [1.54, 1.807) is 41.9 Å². The summed E-state index contributed by atoms with van der Waals surface area (Å²) >= 11 is 1.57. The van der Waals surface area contributed by atoms with E-state index in [1.807, 2.05) is 23.6 Å². The fraction of sp³-hybridized carbons (Fsp3) is 0.200. The van der Waals surface area contributed by atoms with E-state index in [0.717, 1.165) is 10.6 Å². The Morgan fingerprint density at radius 2 is 1.89 bits per heavy atom. The summed E-state index contributed by atoms with van der Waals surface area (Å²) < 4.78 is 16.4. The van der Waals surface area contributed by atoms with Crippen LogP contribution in [0, 0.1) is 0 Å². The van der Waals surface area contributed by atoms with Gasteiger partial charge in [-0.25, -0.2) is 0 Å². The first-order valence-corrected chi connectivity index (χ1v) is 9.64. The molecule has 3 heterocycles. The Morgan fingerprint density at radius 1 is 1.04 bits per heavy atom. The minimum absolute atomic E-state index is 0.152. The van der Waals surface area contributed by atoms with E-state index in [-0.39, 0.29) is 12.5 Å². The molecule has 2 aromatic heterocycles. The van der Waals surface area contributed by atoms with Crippen LogP contribution < -0.4 is 20.1 Å². The number of anilines is 1. The van der Waals surface area contributed by atoms with Crippen LogP contribution in [0.2, 0.25) is 0 Å². The molecule has 3 aromatic rings. The van der Waals surface area contributed by atoms with Crippen molar-refractivity contribution in [1.29, 1.82) is 0 Å². The summed E-state index contributed by atoms with van der Waals surface area (Å²) in [6.45, 7) is 1.19. The molecule has 2 N–H and O–H groups in total. The van der Waals surface area contributed by atoms with Crippen molar-refractivity contribution >= 4 is 28.8 Å². The summed E-state index contributed by atoms with van der Waals surface area (Å²) in [7, 11) is 0. The number of ether oxygens (including phenoxy) is 2. The standard InChI is InChI=1S/C20H18N2O5S/c23-19(20(24)22-13-5-6-16-17(11-13)27-9-8-26-16)21-12-14(15-3-1-7-25-15)18-4-2-10-28-18/h1-7,10-11,14H,8-9,12H2,(H,21,23)(H,22,24)/t14-/m1/s1. The molecule has 0 aliphatic carbocycles. The molecule has 0 bridgehead atoms. The SMILES string of the molecule is O=C(NC[C@H](c1ccco1)c1cccs1)C(=O)Nc1ccc2c(c1)OCCO2. The number of amides is 2. The minimum Gasteiger partial charge on any atom is -0.486 e. The second-order valence-electron chi connectivity index (χ2n) is 6.11. The number of carbonyl (C=O) groups is 2. The van der Waals surface area contributed by atoms with Crippen LogP contribution in [0.4, 0.5) is 5.69 Å². The van der Waals surface area contributed by atoms with E-state index < -0.39 is 11.8 Å². The number of benzene rings is 1. The maximum atomic E-state index is 12.3. The predicted octanol–water partition coefficient (Wildman–Crippen LogP) is 3.00. The highest BCUT2D eigenvalue weighted by Gasteiger charge is 2.22. The first-order chi connectivity index (χ1) is 13.7. The van der Waals surface area contributed by atoms with Gasteiger partial charge in [-0.3, -0.25) is 9.59 Å². The summed E-state index contributed by atoms with van der Waals surface area (Å²) in [5, 5.41) is 7.22. The quantitative estimate of drug-likeness (QED) is 0.645. The first-order valence-electron chi connectivity index (χ1n) is 8.76. The molecule has 0 saturated heterocycles. The lowest BCUT2D eigenvalue weighted by molar-refractivity contribution is -0.136. The van der Waals surface area contributed by atoms with Crippen LogP contribution in [-0.2, 0) is 9.59 Å². The molecule has 1 aliphatic rings. The molecule has 0 radical (unpaired) electrons. The van der Waals surface area contributed by atoms with Gasteiger partial charge in [0.15, 0.2) is 11.5 Å². The van der Waals surface area contributed by atoms with Crippen LogP contribution in [0.1, 0.15) is 16.6 Å². The number of hydrogen-bond donors (Lipinski definition) is 2. The van der Waals surface area contributed by atoms with E-state index in [2.05, 4.69) is 10.6 Å². The van der Waals surface area contributed by atoms with Gasteiger partial charge in [-0.1, -0.05) is 6.07 Å². The van der Waals surface area contributed by atoms with E-state index in [0.29, 0.717) is 30.4 Å². The monoisotopic (exact) mass is 398 g/mol. The molecule has 7 nitrogen and oxygen atoms in total. The Balaban J connectivity index is 1.38. The van der Waals surface area contributed by atoms with Crippen LogP contribution >= 0.6 is 11.3 Å². The van der Waals surface area contributed by atoms with Crippen molar-refractivity contribution in [2.45, 2.75) is 5.92 Å². The molecule has 0 spiro atoms. The van der Waals surface area contributed by atoms with Gasteiger partial charge in [-0.05, 0) is 35.7 Å². The number of carbonyl (C=O) groups excluding carboxylic acids is 2. The molecule has 1 aromatic carbocycles. The molecule has 2 amide bonds. The topological polar surface area (TPSA) is 89.8 Å². The summed E-state index contributed by atoms with van der Waals surface area (Å²) in [5.41, 5.74) is 0.463. The molecule has 1 aliphatic heterocycles. The molecule has 0 fully saturated rings. The fourth-order valence-corrected chi connectivity index (χ4v) is 3.74. The Morgan fingerprint density at radius 3 is 2.64 bits per heavy atom. The molecule has 28 heavy (non-hydrogen) atoms. The van der Waals surface area contributed by atoms with Gasteiger partial charge in [0.1, 0.15) is 19.0 Å². The van der Waals surface area contributed by atoms with Crippen LogP contribution in [-0.4, -0.2) is 31.6 Å². The lowest BCUT2D eigenvalue weighted by Crippen LogP contribution is -2.37. The number of nitrogens with one attached hydrogen (secondary N) is 2. The van der Waals surface area contributed by atoms with Crippen molar-refractivity contribution in [1.82, 2.24) is 5.32 Å². The third-order valence-corrected chi connectivity index (χ3v) is 5.23. The zero-order chi connectivity index (χ0) is 19.3. The minimum atomic E-state index is -0.749. The van der Waals surface area contributed by atoms with Crippen LogP contribution in [0.3, 0.4) is 0 Å². The smallest absolute Gasteiger partial charge is 0.313 e. The maximum Gasteiger partial charge on any atom is 0.313 e. The van der Waals surface area contributed by atoms with Crippen LogP contribution in [0.5, 0.6) is 11.5 Å². The summed E-state index contributed by atoms with van der Waals surface area (Å²) in [6, 6.07) is 12.6. The third kappa shape index (κ3) is 4.01. The fourth-order valence-electron chi connectivity index (χ4n) is 2.90. The first kappa shape index (κ1) is 18.1. The third-order valence-electron chi connectivity index (χ3n) is 4.25. The van der Waals surface area contributed by atoms with Gasteiger partial charge < -0.3 is 24.5 Å². The van der Waals surface area contributed by atoms with Crippen molar-refractivity contribution in [2.24, 2.45) is 0 Å². The van der Waals surface area contributed by atoms with Crippen molar-refractivity contribution < 1.29 is 23.5 Å². The second-order valence-corrected chi connectivity index (χ2v) is 7.09. The molecule has 144 valence electrons. The average molecular weight is 398 g/mol. The number of fused-ring (bicyclic) bond motifs is 1. The summed E-state index contributed by atoms with van der Waals surface area (Å²) in [5.74, 6) is 0.270. The normalized spacial score (nSPS) is 13.6. The largest absolute Gasteiger partial charge is 0.486 e. The van der Waals surface area contributed by atoms with E-state index in [4.69, 9.17) is 13.9 Å². The van der Waals surface area contributed by atoms with E-state index in [9.17, 15) is 9.59 Å². The number of rotatable bonds is 5. The molecule has 0 saturated carbocycles. The molecule has 0 unspecified atom stereocenters. The highest BCUT2D eigenvalue weighted by Crippen LogP contribution is 2.32. The summed E-state index contributed by atoms with van der Waals surface area (Å²) in [4.78, 5) is 25.6. The van der Waals surface area contributed by atoms with Crippen molar-refractivity contribution in [2.75, 3.05) is 25.1 Å². The number of thiophene rings is 1. The molecular weight excluding hydrogens is 380 g/mol. The molecule has 8 heteroatoms. The van der Waals surface area contributed by atoms with Gasteiger partial charge in [-0.2, -0.15) is 0 Å². The molecule has 1 atom stereocenters. The predicted molar refractivity (Wildman–Crippen MR) is 104 cm³/mol. The lowest BCUT2D eigenvalue weighted by Gasteiger charge is -2.19. The highest BCUT2D eigenvalue weighted by atomic mass is 32.1. The van der Waals surface area contributed by atoms with Crippen molar-refractivity contribution in [3.8, 4) is 11.5 Å². The highest BCUT2D eigenvalue weighted by molar-refractivity contribution is 7.10. The maximum absolute atomic E-state index is 12.3. The number of hydrogen-bond acceptors (Lipinski definition) is 6. The second kappa shape index (κ2) is 8.18. The van der Waals surface area contributed by atoms with Gasteiger partial charge in [0.2, 0.25) is 0 Å². The van der Waals surface area contributed by atoms with E-state index in [1.165, 1.54) is 0 Å². The zero-order valence-electron chi connectivity index (χ0n) is 14.8. The van der Waals surface area contributed by atoms with Gasteiger partial charge >= 0.3 is 11.8 Å².